The number of rotatable bonds is 6. The van der Waals surface area contributed by atoms with Crippen LogP contribution in [0.1, 0.15) is 86.7 Å². The lowest BCUT2D eigenvalue weighted by atomic mass is 9.69. The highest BCUT2D eigenvalue weighted by atomic mass is 19.1. The zero-order valence-electron chi connectivity index (χ0n) is 23.3. The SMILES string of the molecule is CCN(CC)c1nc(OCC23CCCN2C[C@H](F)C3)nc2c1CO[C@@]1(CC[C@H](C)c3ccc(N)c(C#N)c31)C2. The third kappa shape index (κ3) is 4.23. The van der Waals surface area contributed by atoms with Crippen molar-refractivity contribution >= 4 is 11.5 Å². The smallest absolute Gasteiger partial charge is 0.318 e. The summed E-state index contributed by atoms with van der Waals surface area (Å²) in [6.45, 7) is 10.2. The van der Waals surface area contributed by atoms with Gasteiger partial charge in [-0.3, -0.25) is 4.90 Å². The van der Waals surface area contributed by atoms with Gasteiger partial charge in [0.05, 0.1) is 23.4 Å². The highest BCUT2D eigenvalue weighted by Gasteiger charge is 2.50. The first-order valence-electron chi connectivity index (χ1n) is 14.5. The second-order valence-electron chi connectivity index (χ2n) is 11.8. The number of hydrogen-bond acceptors (Lipinski definition) is 8. The van der Waals surface area contributed by atoms with Crippen LogP contribution in [0.3, 0.4) is 0 Å². The molecule has 2 aromatic rings. The maximum Gasteiger partial charge on any atom is 0.318 e. The largest absolute Gasteiger partial charge is 0.461 e. The molecule has 6 rings (SSSR count). The van der Waals surface area contributed by atoms with E-state index in [1.807, 2.05) is 6.07 Å². The van der Waals surface area contributed by atoms with E-state index in [0.717, 1.165) is 73.5 Å². The third-order valence-corrected chi connectivity index (χ3v) is 9.64. The molecule has 4 heterocycles. The summed E-state index contributed by atoms with van der Waals surface area (Å²) in [5.74, 6) is 1.15. The molecule has 1 aliphatic carbocycles. The van der Waals surface area contributed by atoms with Crippen LogP contribution < -0.4 is 15.4 Å². The first-order chi connectivity index (χ1) is 18.8. The van der Waals surface area contributed by atoms with E-state index in [4.69, 9.17) is 25.2 Å². The molecule has 0 bridgehead atoms. The second kappa shape index (κ2) is 9.90. The monoisotopic (exact) mass is 534 g/mol. The Morgan fingerprint density at radius 1 is 1.28 bits per heavy atom. The van der Waals surface area contributed by atoms with Crippen molar-refractivity contribution in [2.24, 2.45) is 0 Å². The number of aromatic nitrogens is 2. The Labute approximate surface area is 230 Å². The first-order valence-corrected chi connectivity index (χ1v) is 14.5. The summed E-state index contributed by atoms with van der Waals surface area (Å²) in [4.78, 5) is 14.3. The standard InChI is InChI=1S/C30H39FN6O2/c1-4-36(5-2)27-23-17-39-30(11-9-19(3)21-7-8-24(33)22(15-32)26(21)30)14-25(23)34-28(35-27)38-18-29-10-6-12-37(29)16-20(31)13-29/h7-8,19-20H,4-6,9-14,16-18,33H2,1-3H3/t19-,20+,29?,30-/m0/s1. The molecule has 3 aliphatic heterocycles. The van der Waals surface area contributed by atoms with Crippen LogP contribution in [-0.2, 0) is 23.4 Å². The van der Waals surface area contributed by atoms with Crippen molar-refractivity contribution in [2.45, 2.75) is 89.1 Å². The molecule has 0 saturated carbocycles. The lowest BCUT2D eigenvalue weighted by molar-refractivity contribution is -0.0873. The minimum Gasteiger partial charge on any atom is -0.461 e. The number of nitrogens with zero attached hydrogens (tertiary/aromatic N) is 5. The fourth-order valence-corrected chi connectivity index (χ4v) is 7.53. The molecule has 208 valence electrons. The lowest BCUT2D eigenvalue weighted by Gasteiger charge is -2.45. The van der Waals surface area contributed by atoms with Gasteiger partial charge < -0.3 is 20.1 Å². The zero-order valence-corrected chi connectivity index (χ0v) is 23.3. The number of benzene rings is 1. The van der Waals surface area contributed by atoms with Crippen LogP contribution in [-0.4, -0.2) is 59.4 Å². The minimum absolute atomic E-state index is 0.268. The van der Waals surface area contributed by atoms with Crippen molar-refractivity contribution < 1.29 is 13.9 Å². The molecule has 39 heavy (non-hydrogen) atoms. The Hall–Kier alpha value is -2.96. The van der Waals surface area contributed by atoms with E-state index >= 15 is 0 Å². The Bertz CT molecular complexity index is 1310. The van der Waals surface area contributed by atoms with E-state index in [2.05, 4.69) is 42.7 Å². The number of ether oxygens (including phenoxy) is 2. The van der Waals surface area contributed by atoms with Gasteiger partial charge in [0.25, 0.3) is 0 Å². The Morgan fingerprint density at radius 3 is 2.87 bits per heavy atom. The molecule has 1 aromatic heterocycles. The molecule has 0 radical (unpaired) electrons. The highest BCUT2D eigenvalue weighted by molar-refractivity contribution is 5.64. The van der Waals surface area contributed by atoms with Crippen LogP contribution in [0.2, 0.25) is 0 Å². The van der Waals surface area contributed by atoms with Gasteiger partial charge in [0.1, 0.15) is 30.3 Å². The summed E-state index contributed by atoms with van der Waals surface area (Å²) in [5.41, 5.74) is 10.3. The van der Waals surface area contributed by atoms with E-state index in [0.29, 0.717) is 55.8 Å². The third-order valence-electron chi connectivity index (χ3n) is 9.64. The fraction of sp³-hybridized carbons (Fsp3) is 0.633. The average molecular weight is 535 g/mol. The number of fused-ring (bicyclic) bond motifs is 4. The molecule has 9 heteroatoms. The van der Waals surface area contributed by atoms with E-state index in [-0.39, 0.29) is 5.54 Å². The van der Waals surface area contributed by atoms with Crippen LogP contribution in [0.4, 0.5) is 15.9 Å². The number of nitrogen functional groups attached to an aromatic ring is 1. The van der Waals surface area contributed by atoms with Gasteiger partial charge in [0, 0.05) is 49.3 Å². The van der Waals surface area contributed by atoms with Crippen LogP contribution >= 0.6 is 0 Å². The number of hydrogen-bond donors (Lipinski definition) is 1. The molecule has 4 aliphatic rings. The van der Waals surface area contributed by atoms with Gasteiger partial charge >= 0.3 is 6.01 Å². The van der Waals surface area contributed by atoms with Crippen molar-refractivity contribution in [2.75, 3.05) is 43.4 Å². The Kier molecular flexibility index (Phi) is 6.67. The fourth-order valence-electron chi connectivity index (χ4n) is 7.53. The zero-order chi connectivity index (χ0) is 27.4. The Balaban J connectivity index is 1.39. The first kappa shape index (κ1) is 26.3. The maximum absolute atomic E-state index is 14.4. The van der Waals surface area contributed by atoms with Crippen molar-refractivity contribution in [3.8, 4) is 12.1 Å². The predicted octanol–water partition coefficient (Wildman–Crippen LogP) is 4.60. The molecule has 2 fully saturated rings. The normalized spacial score (nSPS) is 29.5. The van der Waals surface area contributed by atoms with E-state index in [9.17, 15) is 9.65 Å². The van der Waals surface area contributed by atoms with E-state index in [1.54, 1.807) is 0 Å². The van der Waals surface area contributed by atoms with Crippen molar-refractivity contribution in [3.63, 3.8) is 0 Å². The molecule has 2 N–H and O–H groups in total. The van der Waals surface area contributed by atoms with E-state index < -0.39 is 11.8 Å². The molecule has 1 aromatic carbocycles. The van der Waals surface area contributed by atoms with Gasteiger partial charge in [0.15, 0.2) is 0 Å². The molecule has 1 spiro atoms. The maximum atomic E-state index is 14.4. The van der Waals surface area contributed by atoms with Gasteiger partial charge in [-0.2, -0.15) is 15.2 Å². The summed E-state index contributed by atoms with van der Waals surface area (Å²) in [6, 6.07) is 6.60. The van der Waals surface area contributed by atoms with Gasteiger partial charge in [0.2, 0.25) is 0 Å². The molecule has 0 amide bonds. The van der Waals surface area contributed by atoms with E-state index in [1.165, 1.54) is 0 Å². The number of halogens is 1. The molecule has 1 unspecified atom stereocenters. The molecular formula is C30H39FN6O2. The van der Waals surface area contributed by atoms with Gasteiger partial charge in [-0.1, -0.05) is 13.0 Å². The molecule has 2 saturated heterocycles. The number of alkyl halides is 1. The van der Waals surface area contributed by atoms with Gasteiger partial charge in [-0.05, 0) is 63.6 Å². The van der Waals surface area contributed by atoms with Gasteiger partial charge in [-0.25, -0.2) is 4.39 Å². The average Bonchev–Trinajstić information content (AvgIpc) is 3.46. The summed E-state index contributed by atoms with van der Waals surface area (Å²) < 4.78 is 27.4. The van der Waals surface area contributed by atoms with Crippen LogP contribution in [0.5, 0.6) is 6.01 Å². The molecule has 8 nitrogen and oxygen atoms in total. The van der Waals surface area contributed by atoms with Crippen molar-refractivity contribution in [1.82, 2.24) is 14.9 Å². The Morgan fingerprint density at radius 2 is 2.10 bits per heavy atom. The van der Waals surface area contributed by atoms with Crippen molar-refractivity contribution in [1.29, 1.82) is 5.26 Å². The molecular weight excluding hydrogens is 495 g/mol. The lowest BCUT2D eigenvalue weighted by Crippen LogP contribution is -2.44. The number of nitrogens with two attached hydrogens (primary N) is 1. The predicted molar refractivity (Wildman–Crippen MR) is 148 cm³/mol. The van der Waals surface area contributed by atoms with Crippen LogP contribution in [0.15, 0.2) is 12.1 Å². The van der Waals surface area contributed by atoms with Crippen LogP contribution in [0, 0.1) is 11.3 Å². The minimum atomic E-state index is -0.808. The summed E-state index contributed by atoms with van der Waals surface area (Å²) in [5, 5.41) is 10.1. The summed E-state index contributed by atoms with van der Waals surface area (Å²) in [6.07, 6.45) is 3.96. The topological polar surface area (TPSA) is 101 Å². The van der Waals surface area contributed by atoms with Crippen LogP contribution in [0.25, 0.3) is 0 Å². The quantitative estimate of drug-likeness (QED) is 0.537. The highest BCUT2D eigenvalue weighted by Crippen LogP contribution is 2.51. The molecule has 4 atom stereocenters. The number of nitriles is 1. The van der Waals surface area contributed by atoms with Gasteiger partial charge in [-0.15, -0.1) is 0 Å². The van der Waals surface area contributed by atoms with Crippen molar-refractivity contribution in [3.05, 3.63) is 40.1 Å². The second-order valence-corrected chi connectivity index (χ2v) is 11.8. The number of anilines is 2. The summed E-state index contributed by atoms with van der Waals surface area (Å²) >= 11 is 0. The summed E-state index contributed by atoms with van der Waals surface area (Å²) in [7, 11) is 0.